The molecule has 3 rings (SSSR count). The molecule has 3 aromatic rings. The lowest BCUT2D eigenvalue weighted by molar-refractivity contribution is -0.392. The van der Waals surface area contributed by atoms with Gasteiger partial charge in [0.2, 0.25) is 0 Å². The van der Waals surface area contributed by atoms with E-state index in [9.17, 15) is 25.3 Å². The number of aryl methyl sites for hydroxylation is 1. The Balaban J connectivity index is 1.99. The number of aliphatic hydroxyl groups excluding tert-OH is 1. The topological polar surface area (TPSA) is 131 Å². The molecule has 2 aromatic carbocycles. The fourth-order valence-electron chi connectivity index (χ4n) is 2.98. The number of aromatic nitrogens is 1. The molecule has 10 heteroatoms. The molecule has 1 aromatic heterocycles. The summed E-state index contributed by atoms with van der Waals surface area (Å²) in [5.41, 5.74) is 1.00. The summed E-state index contributed by atoms with van der Waals surface area (Å²) in [6.07, 6.45) is 0. The number of nitrogens with zero attached hydrogens (tertiary/aromatic N) is 3. The standard InChI is InChI=1S/C19H18N4O5S/c1-11-14(10-24)8-15(22(25)26)17(18(11)23(27)28)20-9-16-12(2)21-19(29-16)13-6-4-3-5-7-13/h3-8,20,24H,9-10H2,1-2H3. The maximum absolute atomic E-state index is 11.6. The molecule has 0 fully saturated rings. The van der Waals surface area contributed by atoms with Crippen LogP contribution in [-0.2, 0) is 13.2 Å². The van der Waals surface area contributed by atoms with Gasteiger partial charge >= 0.3 is 5.69 Å². The zero-order chi connectivity index (χ0) is 21.1. The molecule has 0 aliphatic rings. The molecule has 0 spiro atoms. The van der Waals surface area contributed by atoms with Crippen LogP contribution in [0, 0.1) is 34.1 Å². The van der Waals surface area contributed by atoms with E-state index in [0.29, 0.717) is 0 Å². The first-order valence-electron chi connectivity index (χ1n) is 8.65. The van der Waals surface area contributed by atoms with Gasteiger partial charge in [-0.25, -0.2) is 4.98 Å². The van der Waals surface area contributed by atoms with Crippen molar-refractivity contribution in [3.05, 3.63) is 78.3 Å². The van der Waals surface area contributed by atoms with Crippen molar-refractivity contribution < 1.29 is 15.0 Å². The van der Waals surface area contributed by atoms with Crippen LogP contribution in [0.25, 0.3) is 10.6 Å². The molecule has 0 bridgehead atoms. The lowest BCUT2D eigenvalue weighted by Crippen LogP contribution is -2.09. The van der Waals surface area contributed by atoms with Gasteiger partial charge in [0.15, 0.2) is 5.69 Å². The van der Waals surface area contributed by atoms with Crippen LogP contribution in [0.2, 0.25) is 0 Å². The van der Waals surface area contributed by atoms with Crippen molar-refractivity contribution in [1.82, 2.24) is 4.98 Å². The Morgan fingerprint density at radius 3 is 2.41 bits per heavy atom. The minimum Gasteiger partial charge on any atom is -0.392 e. The van der Waals surface area contributed by atoms with E-state index < -0.39 is 27.8 Å². The highest BCUT2D eigenvalue weighted by atomic mass is 32.1. The fraction of sp³-hybridized carbons (Fsp3) is 0.211. The summed E-state index contributed by atoms with van der Waals surface area (Å²) in [4.78, 5) is 27.1. The van der Waals surface area contributed by atoms with Crippen LogP contribution < -0.4 is 5.32 Å². The average Bonchev–Trinajstić information content (AvgIpc) is 3.07. The molecular formula is C19H18N4O5S. The van der Waals surface area contributed by atoms with Gasteiger partial charge in [0, 0.05) is 22.1 Å². The van der Waals surface area contributed by atoms with E-state index in [1.54, 1.807) is 0 Å². The molecular weight excluding hydrogens is 396 g/mol. The van der Waals surface area contributed by atoms with E-state index in [1.807, 2.05) is 37.3 Å². The van der Waals surface area contributed by atoms with Gasteiger partial charge in [-0.15, -0.1) is 11.3 Å². The van der Waals surface area contributed by atoms with Crippen LogP contribution in [0.1, 0.15) is 21.7 Å². The van der Waals surface area contributed by atoms with Crippen molar-refractivity contribution in [2.45, 2.75) is 27.0 Å². The molecule has 0 atom stereocenters. The number of thiazole rings is 1. The third-order valence-corrected chi connectivity index (χ3v) is 5.74. The van der Waals surface area contributed by atoms with Gasteiger partial charge in [-0.3, -0.25) is 20.2 Å². The zero-order valence-electron chi connectivity index (χ0n) is 15.7. The highest BCUT2D eigenvalue weighted by Crippen LogP contribution is 2.40. The van der Waals surface area contributed by atoms with E-state index in [0.717, 1.165) is 21.1 Å². The summed E-state index contributed by atoms with van der Waals surface area (Å²) >= 11 is 1.42. The Morgan fingerprint density at radius 1 is 1.14 bits per heavy atom. The molecule has 0 saturated carbocycles. The lowest BCUT2D eigenvalue weighted by atomic mass is 10.0. The summed E-state index contributed by atoms with van der Waals surface area (Å²) < 4.78 is 0. The predicted molar refractivity (Wildman–Crippen MR) is 110 cm³/mol. The number of anilines is 1. The van der Waals surface area contributed by atoms with Gasteiger partial charge in [-0.05, 0) is 19.4 Å². The van der Waals surface area contributed by atoms with Crippen LogP contribution in [0.15, 0.2) is 36.4 Å². The van der Waals surface area contributed by atoms with Gasteiger partial charge in [-0.2, -0.15) is 0 Å². The number of hydrogen-bond acceptors (Lipinski definition) is 8. The van der Waals surface area contributed by atoms with Crippen molar-refractivity contribution in [1.29, 1.82) is 0 Å². The number of nitrogens with one attached hydrogen (secondary N) is 1. The summed E-state index contributed by atoms with van der Waals surface area (Å²) in [5, 5.41) is 36.2. The van der Waals surface area contributed by atoms with E-state index in [1.165, 1.54) is 24.3 Å². The molecule has 0 aliphatic carbocycles. The third-order valence-electron chi connectivity index (χ3n) is 4.53. The van der Waals surface area contributed by atoms with Crippen LogP contribution in [-0.4, -0.2) is 19.9 Å². The number of aliphatic hydroxyl groups is 1. The Hall–Kier alpha value is -3.37. The van der Waals surface area contributed by atoms with Crippen molar-refractivity contribution in [3.8, 4) is 10.6 Å². The van der Waals surface area contributed by atoms with Gasteiger partial charge in [-0.1, -0.05) is 30.3 Å². The Morgan fingerprint density at radius 2 is 1.83 bits per heavy atom. The second-order valence-electron chi connectivity index (χ2n) is 6.32. The van der Waals surface area contributed by atoms with Crippen LogP contribution in [0.4, 0.5) is 17.1 Å². The quantitative estimate of drug-likeness (QED) is 0.434. The molecule has 0 unspecified atom stereocenters. The molecule has 1 heterocycles. The average molecular weight is 414 g/mol. The predicted octanol–water partition coefficient (Wildman–Crippen LogP) is 4.35. The third kappa shape index (κ3) is 4.08. The fourth-order valence-corrected chi connectivity index (χ4v) is 3.99. The first-order valence-corrected chi connectivity index (χ1v) is 9.46. The van der Waals surface area contributed by atoms with Gasteiger partial charge in [0.05, 0.1) is 28.7 Å². The first-order chi connectivity index (χ1) is 13.8. The molecule has 0 aliphatic heterocycles. The Labute approximate surface area is 170 Å². The number of rotatable bonds is 7. The molecule has 0 amide bonds. The molecule has 29 heavy (non-hydrogen) atoms. The van der Waals surface area contributed by atoms with Crippen LogP contribution >= 0.6 is 11.3 Å². The van der Waals surface area contributed by atoms with Crippen LogP contribution in [0.3, 0.4) is 0 Å². The molecule has 0 radical (unpaired) electrons. The van der Waals surface area contributed by atoms with E-state index in [2.05, 4.69) is 10.3 Å². The summed E-state index contributed by atoms with van der Waals surface area (Å²) in [5.74, 6) is 0. The van der Waals surface area contributed by atoms with Crippen molar-refractivity contribution in [2.75, 3.05) is 5.32 Å². The molecule has 2 N–H and O–H groups in total. The number of hydrogen-bond donors (Lipinski definition) is 2. The SMILES string of the molecule is Cc1nc(-c2ccccc2)sc1CNc1c([N+](=O)[O-])cc(CO)c(C)c1[N+](=O)[O-]. The van der Waals surface area contributed by atoms with Crippen molar-refractivity contribution >= 4 is 28.4 Å². The Bertz CT molecular complexity index is 1080. The minimum absolute atomic E-state index is 0.147. The normalized spacial score (nSPS) is 10.7. The maximum Gasteiger partial charge on any atom is 0.302 e. The number of nitro groups is 2. The largest absolute Gasteiger partial charge is 0.392 e. The van der Waals surface area contributed by atoms with Crippen molar-refractivity contribution in [3.63, 3.8) is 0 Å². The Kier molecular flexibility index (Phi) is 5.85. The van der Waals surface area contributed by atoms with Gasteiger partial charge in [0.1, 0.15) is 5.01 Å². The summed E-state index contributed by atoms with van der Waals surface area (Å²) in [6, 6.07) is 10.7. The van der Waals surface area contributed by atoms with E-state index >= 15 is 0 Å². The highest BCUT2D eigenvalue weighted by molar-refractivity contribution is 7.15. The highest BCUT2D eigenvalue weighted by Gasteiger charge is 2.30. The summed E-state index contributed by atoms with van der Waals surface area (Å²) in [6.45, 7) is 2.91. The van der Waals surface area contributed by atoms with Gasteiger partial charge in [0.25, 0.3) is 5.69 Å². The molecule has 150 valence electrons. The minimum atomic E-state index is -0.692. The molecule has 0 saturated heterocycles. The second kappa shape index (κ2) is 8.33. The monoisotopic (exact) mass is 414 g/mol. The van der Waals surface area contributed by atoms with Crippen molar-refractivity contribution in [2.24, 2.45) is 0 Å². The number of benzene rings is 2. The van der Waals surface area contributed by atoms with E-state index in [4.69, 9.17) is 0 Å². The molecule has 9 nitrogen and oxygen atoms in total. The maximum atomic E-state index is 11.6. The van der Waals surface area contributed by atoms with E-state index in [-0.39, 0.29) is 23.4 Å². The second-order valence-corrected chi connectivity index (χ2v) is 7.41. The smallest absolute Gasteiger partial charge is 0.302 e. The lowest BCUT2D eigenvalue weighted by Gasteiger charge is -2.11. The number of nitro benzene ring substituents is 2. The van der Waals surface area contributed by atoms with Crippen LogP contribution in [0.5, 0.6) is 0 Å². The zero-order valence-corrected chi connectivity index (χ0v) is 16.5. The summed E-state index contributed by atoms with van der Waals surface area (Å²) in [7, 11) is 0. The van der Waals surface area contributed by atoms with Gasteiger partial charge < -0.3 is 10.4 Å². The first kappa shape index (κ1) is 20.4.